The first-order valence-corrected chi connectivity index (χ1v) is 10.2. The zero-order valence-electron chi connectivity index (χ0n) is 15.2. The van der Waals surface area contributed by atoms with E-state index in [4.69, 9.17) is 14.2 Å². The first-order chi connectivity index (χ1) is 13.5. The van der Waals surface area contributed by atoms with Gasteiger partial charge in [0.1, 0.15) is 24.7 Å². The van der Waals surface area contributed by atoms with E-state index in [-0.39, 0.29) is 4.90 Å². The normalized spacial score (nSPS) is 13.0. The Morgan fingerprint density at radius 3 is 2.11 bits per heavy atom. The standard InChI is InChI=1S/C21H19NO5S/c1-15-2-5-17(6-3-15)27-18-7-9-19(10-8-18)28(23,24)22-16-4-11-20-21(14-16)26-13-12-25-20/h2-11,14,22H,12-13H2,1H3. The van der Waals surface area contributed by atoms with Gasteiger partial charge in [-0.25, -0.2) is 8.42 Å². The van der Waals surface area contributed by atoms with Crippen molar-refractivity contribution in [1.29, 1.82) is 0 Å². The Morgan fingerprint density at radius 2 is 1.43 bits per heavy atom. The highest BCUT2D eigenvalue weighted by Crippen LogP contribution is 2.33. The second-order valence-corrected chi connectivity index (χ2v) is 8.03. The lowest BCUT2D eigenvalue weighted by Crippen LogP contribution is -2.16. The third-order valence-electron chi connectivity index (χ3n) is 4.19. The van der Waals surface area contributed by atoms with Crippen LogP contribution in [0.15, 0.2) is 71.6 Å². The van der Waals surface area contributed by atoms with Crippen molar-refractivity contribution >= 4 is 15.7 Å². The van der Waals surface area contributed by atoms with Crippen molar-refractivity contribution in [3.05, 3.63) is 72.3 Å². The van der Waals surface area contributed by atoms with Crippen LogP contribution in [0.5, 0.6) is 23.0 Å². The fourth-order valence-electron chi connectivity index (χ4n) is 2.75. The van der Waals surface area contributed by atoms with Crippen molar-refractivity contribution in [2.75, 3.05) is 17.9 Å². The summed E-state index contributed by atoms with van der Waals surface area (Å²) in [6, 6.07) is 18.8. The fraction of sp³-hybridized carbons (Fsp3) is 0.143. The molecule has 0 amide bonds. The molecule has 7 heteroatoms. The molecule has 6 nitrogen and oxygen atoms in total. The van der Waals surface area contributed by atoms with Crippen LogP contribution < -0.4 is 18.9 Å². The maximum Gasteiger partial charge on any atom is 0.261 e. The highest BCUT2D eigenvalue weighted by Gasteiger charge is 2.17. The van der Waals surface area contributed by atoms with Gasteiger partial charge < -0.3 is 14.2 Å². The van der Waals surface area contributed by atoms with Crippen molar-refractivity contribution < 1.29 is 22.6 Å². The molecule has 0 saturated heterocycles. The lowest BCUT2D eigenvalue weighted by atomic mass is 10.2. The Bertz CT molecular complexity index is 1080. The largest absolute Gasteiger partial charge is 0.486 e. The topological polar surface area (TPSA) is 73.9 Å². The number of anilines is 1. The smallest absolute Gasteiger partial charge is 0.261 e. The summed E-state index contributed by atoms with van der Waals surface area (Å²) in [6.07, 6.45) is 0. The molecule has 1 aliphatic heterocycles. The molecule has 0 aromatic heterocycles. The van der Waals surface area contributed by atoms with Gasteiger partial charge in [-0.15, -0.1) is 0 Å². The van der Waals surface area contributed by atoms with Gasteiger partial charge in [0.05, 0.1) is 10.6 Å². The highest BCUT2D eigenvalue weighted by molar-refractivity contribution is 7.92. The van der Waals surface area contributed by atoms with E-state index in [1.54, 1.807) is 30.3 Å². The van der Waals surface area contributed by atoms with Crippen molar-refractivity contribution in [3.8, 4) is 23.0 Å². The summed E-state index contributed by atoms with van der Waals surface area (Å²) < 4.78 is 44.5. The Morgan fingerprint density at radius 1 is 0.821 bits per heavy atom. The van der Waals surface area contributed by atoms with Crippen LogP contribution in [0, 0.1) is 6.92 Å². The van der Waals surface area contributed by atoms with Crippen LogP contribution in [0.2, 0.25) is 0 Å². The van der Waals surface area contributed by atoms with E-state index in [9.17, 15) is 8.42 Å². The van der Waals surface area contributed by atoms with E-state index in [0.29, 0.717) is 41.9 Å². The van der Waals surface area contributed by atoms with Gasteiger partial charge in [-0.3, -0.25) is 4.72 Å². The van der Waals surface area contributed by atoms with E-state index in [1.165, 1.54) is 12.1 Å². The number of sulfonamides is 1. The summed E-state index contributed by atoms with van der Waals surface area (Å²) in [5.41, 5.74) is 1.54. The number of hydrogen-bond acceptors (Lipinski definition) is 5. The van der Waals surface area contributed by atoms with Crippen molar-refractivity contribution in [3.63, 3.8) is 0 Å². The minimum Gasteiger partial charge on any atom is -0.486 e. The Hall–Kier alpha value is -3.19. The monoisotopic (exact) mass is 397 g/mol. The van der Waals surface area contributed by atoms with Crippen LogP contribution in [0.3, 0.4) is 0 Å². The zero-order valence-corrected chi connectivity index (χ0v) is 16.0. The predicted octanol–water partition coefficient (Wildman–Crippen LogP) is 4.36. The van der Waals surface area contributed by atoms with Gasteiger partial charge in [-0.2, -0.15) is 0 Å². The van der Waals surface area contributed by atoms with Crippen LogP contribution in [0.1, 0.15) is 5.56 Å². The molecule has 0 saturated carbocycles. The third-order valence-corrected chi connectivity index (χ3v) is 5.58. The molecular formula is C21H19NO5S. The average molecular weight is 397 g/mol. The van der Waals surface area contributed by atoms with Gasteiger partial charge in [0.2, 0.25) is 0 Å². The second kappa shape index (κ2) is 7.44. The summed E-state index contributed by atoms with van der Waals surface area (Å²) in [5, 5.41) is 0. The highest BCUT2D eigenvalue weighted by atomic mass is 32.2. The molecule has 0 atom stereocenters. The second-order valence-electron chi connectivity index (χ2n) is 6.35. The third kappa shape index (κ3) is 4.04. The first kappa shape index (κ1) is 18.2. The minimum atomic E-state index is -3.74. The SMILES string of the molecule is Cc1ccc(Oc2ccc(S(=O)(=O)Nc3ccc4c(c3)OCCO4)cc2)cc1. The zero-order chi connectivity index (χ0) is 19.6. The molecule has 0 spiro atoms. The summed E-state index contributed by atoms with van der Waals surface area (Å²) in [4.78, 5) is 0.138. The molecule has 4 rings (SSSR count). The lowest BCUT2D eigenvalue weighted by Gasteiger charge is -2.19. The molecule has 1 heterocycles. The number of fused-ring (bicyclic) bond motifs is 1. The van der Waals surface area contributed by atoms with Crippen molar-refractivity contribution in [2.45, 2.75) is 11.8 Å². The van der Waals surface area contributed by atoms with Crippen LogP contribution in [0.25, 0.3) is 0 Å². The Kier molecular flexibility index (Phi) is 4.83. The number of nitrogens with one attached hydrogen (secondary N) is 1. The van der Waals surface area contributed by atoms with Crippen LogP contribution in [0.4, 0.5) is 5.69 Å². The van der Waals surface area contributed by atoms with E-state index in [0.717, 1.165) is 5.56 Å². The van der Waals surface area contributed by atoms with Gasteiger partial charge in [0, 0.05) is 6.07 Å². The maximum absolute atomic E-state index is 12.7. The molecule has 3 aromatic carbocycles. The fourth-order valence-corrected chi connectivity index (χ4v) is 3.80. The number of rotatable bonds is 5. The average Bonchev–Trinajstić information content (AvgIpc) is 2.70. The number of aryl methyl sites for hydroxylation is 1. The summed E-state index contributed by atoms with van der Waals surface area (Å²) in [7, 11) is -3.74. The van der Waals surface area contributed by atoms with E-state index in [1.807, 2.05) is 31.2 Å². The van der Waals surface area contributed by atoms with E-state index in [2.05, 4.69) is 4.72 Å². The lowest BCUT2D eigenvalue weighted by molar-refractivity contribution is 0.171. The molecule has 0 radical (unpaired) electrons. The van der Waals surface area contributed by atoms with Crippen LogP contribution in [-0.4, -0.2) is 21.6 Å². The molecule has 3 aromatic rings. The van der Waals surface area contributed by atoms with Gasteiger partial charge in [0.15, 0.2) is 11.5 Å². The Balaban J connectivity index is 1.49. The molecule has 0 unspecified atom stereocenters. The number of benzene rings is 3. The molecule has 1 aliphatic rings. The molecule has 0 fully saturated rings. The maximum atomic E-state index is 12.7. The number of ether oxygens (including phenoxy) is 3. The molecular weight excluding hydrogens is 378 g/mol. The quantitative estimate of drug-likeness (QED) is 0.692. The van der Waals surface area contributed by atoms with Crippen molar-refractivity contribution in [2.24, 2.45) is 0 Å². The van der Waals surface area contributed by atoms with E-state index < -0.39 is 10.0 Å². The summed E-state index contributed by atoms with van der Waals surface area (Å²) >= 11 is 0. The van der Waals surface area contributed by atoms with E-state index >= 15 is 0 Å². The molecule has 0 bridgehead atoms. The Labute approximate surface area is 163 Å². The molecule has 144 valence electrons. The molecule has 28 heavy (non-hydrogen) atoms. The van der Waals surface area contributed by atoms with Crippen LogP contribution in [-0.2, 0) is 10.0 Å². The minimum absolute atomic E-state index is 0.138. The van der Waals surface area contributed by atoms with Crippen molar-refractivity contribution in [1.82, 2.24) is 0 Å². The van der Waals surface area contributed by atoms with Crippen LogP contribution >= 0.6 is 0 Å². The molecule has 0 aliphatic carbocycles. The van der Waals surface area contributed by atoms with Gasteiger partial charge in [-0.05, 0) is 55.5 Å². The van der Waals surface area contributed by atoms with Gasteiger partial charge >= 0.3 is 0 Å². The number of hydrogen-bond donors (Lipinski definition) is 1. The summed E-state index contributed by atoms with van der Waals surface area (Å²) in [6.45, 7) is 2.92. The van der Waals surface area contributed by atoms with Gasteiger partial charge in [0.25, 0.3) is 10.0 Å². The first-order valence-electron chi connectivity index (χ1n) is 8.77. The predicted molar refractivity (Wildman–Crippen MR) is 106 cm³/mol. The summed E-state index contributed by atoms with van der Waals surface area (Å²) in [5.74, 6) is 2.37. The van der Waals surface area contributed by atoms with Gasteiger partial charge in [-0.1, -0.05) is 17.7 Å². The molecule has 1 N–H and O–H groups in total.